The number of fused-ring (bicyclic) bond motifs is 1. The van der Waals surface area contributed by atoms with Crippen molar-refractivity contribution in [2.24, 2.45) is 5.92 Å². The van der Waals surface area contributed by atoms with E-state index >= 15 is 0 Å². The molecule has 3 rings (SSSR count). The molecule has 1 aromatic rings. The summed E-state index contributed by atoms with van der Waals surface area (Å²) in [4.78, 5) is 26.9. The molecule has 4 nitrogen and oxygen atoms in total. The van der Waals surface area contributed by atoms with Gasteiger partial charge in [0.1, 0.15) is 0 Å². The molecule has 2 amide bonds. The minimum absolute atomic E-state index is 0.0435. The van der Waals surface area contributed by atoms with Crippen molar-refractivity contribution in [1.29, 1.82) is 0 Å². The zero-order chi connectivity index (χ0) is 17.6. The molecule has 2 atom stereocenters. The molecule has 1 N–H and O–H groups in total. The number of carbonyl (C=O) groups excluding carboxylic acids is 2. The van der Waals surface area contributed by atoms with Crippen LogP contribution in [0.15, 0.2) is 24.3 Å². The molecule has 4 heteroatoms. The number of nitrogens with zero attached hydrogens (tertiary/aromatic N) is 1. The second-order valence-electron chi connectivity index (χ2n) is 7.48. The van der Waals surface area contributed by atoms with Crippen molar-refractivity contribution < 1.29 is 9.59 Å². The van der Waals surface area contributed by atoms with Gasteiger partial charge in [-0.15, -0.1) is 0 Å². The van der Waals surface area contributed by atoms with E-state index in [0.717, 1.165) is 43.5 Å². The second kappa shape index (κ2) is 8.50. The van der Waals surface area contributed by atoms with Crippen LogP contribution in [0.25, 0.3) is 0 Å². The number of hydrogen-bond donors (Lipinski definition) is 1. The molecule has 25 heavy (non-hydrogen) atoms. The Hall–Kier alpha value is -1.84. The summed E-state index contributed by atoms with van der Waals surface area (Å²) >= 11 is 0. The maximum absolute atomic E-state index is 13.0. The number of anilines is 1. The highest BCUT2D eigenvalue weighted by Gasteiger charge is 2.35. The van der Waals surface area contributed by atoms with Crippen LogP contribution in [0.3, 0.4) is 0 Å². The lowest BCUT2D eigenvalue weighted by atomic mass is 9.78. The molecule has 0 spiro atoms. The maximum atomic E-state index is 13.0. The first-order valence-corrected chi connectivity index (χ1v) is 9.90. The molecule has 1 aliphatic carbocycles. The van der Waals surface area contributed by atoms with E-state index < -0.39 is 0 Å². The van der Waals surface area contributed by atoms with Crippen molar-refractivity contribution in [3.8, 4) is 0 Å². The summed E-state index contributed by atoms with van der Waals surface area (Å²) in [5, 5.41) is 2.90. The Morgan fingerprint density at radius 2 is 1.80 bits per heavy atom. The van der Waals surface area contributed by atoms with Gasteiger partial charge >= 0.3 is 0 Å². The van der Waals surface area contributed by atoms with Crippen LogP contribution in [0.2, 0.25) is 0 Å². The molecule has 2 fully saturated rings. The Balaban J connectivity index is 1.63. The van der Waals surface area contributed by atoms with E-state index in [0.29, 0.717) is 18.4 Å². The number of unbranched alkanes of at least 4 members (excludes halogenated alkanes) is 1. The molecule has 0 aromatic heterocycles. The Bertz CT molecular complexity index is 594. The Labute approximate surface area is 151 Å². The number of piperidine rings is 1. The van der Waals surface area contributed by atoms with Crippen molar-refractivity contribution in [1.82, 2.24) is 4.90 Å². The molecule has 2 unspecified atom stereocenters. The SMILES string of the molecule is CCCCC(=O)Nc1ccc(C(=O)N2CCCC3CCCCC32)cc1. The van der Waals surface area contributed by atoms with Gasteiger partial charge in [-0.25, -0.2) is 0 Å². The Morgan fingerprint density at radius 3 is 2.56 bits per heavy atom. The number of benzene rings is 1. The number of hydrogen-bond acceptors (Lipinski definition) is 2. The monoisotopic (exact) mass is 342 g/mol. The second-order valence-corrected chi connectivity index (χ2v) is 7.48. The van der Waals surface area contributed by atoms with Crippen molar-refractivity contribution in [2.45, 2.75) is 70.8 Å². The van der Waals surface area contributed by atoms with Gasteiger partial charge in [0.2, 0.25) is 5.91 Å². The third kappa shape index (κ3) is 4.42. The fourth-order valence-corrected chi connectivity index (χ4v) is 4.30. The molecule has 1 heterocycles. The van der Waals surface area contributed by atoms with Gasteiger partial charge in [-0.2, -0.15) is 0 Å². The molecule has 1 aromatic carbocycles. The average molecular weight is 342 g/mol. The van der Waals surface area contributed by atoms with Crippen LogP contribution in [0.5, 0.6) is 0 Å². The topological polar surface area (TPSA) is 49.4 Å². The van der Waals surface area contributed by atoms with Crippen LogP contribution in [0.1, 0.15) is 75.1 Å². The van der Waals surface area contributed by atoms with Crippen LogP contribution in [0.4, 0.5) is 5.69 Å². The molecular formula is C21H30N2O2. The molecule has 1 saturated carbocycles. The number of nitrogens with one attached hydrogen (secondary N) is 1. The van der Waals surface area contributed by atoms with E-state index in [-0.39, 0.29) is 11.8 Å². The Kier molecular flexibility index (Phi) is 6.11. The maximum Gasteiger partial charge on any atom is 0.254 e. The Morgan fingerprint density at radius 1 is 1.08 bits per heavy atom. The van der Waals surface area contributed by atoms with Gasteiger partial charge in [0.05, 0.1) is 0 Å². The van der Waals surface area contributed by atoms with Crippen LogP contribution in [-0.2, 0) is 4.79 Å². The predicted molar refractivity (Wildman–Crippen MR) is 101 cm³/mol. The smallest absolute Gasteiger partial charge is 0.254 e. The summed E-state index contributed by atoms with van der Waals surface area (Å²) in [7, 11) is 0. The van der Waals surface area contributed by atoms with Gasteiger partial charge in [0.25, 0.3) is 5.91 Å². The summed E-state index contributed by atoms with van der Waals surface area (Å²) in [5.74, 6) is 0.894. The lowest BCUT2D eigenvalue weighted by molar-refractivity contribution is -0.116. The van der Waals surface area contributed by atoms with Crippen molar-refractivity contribution >= 4 is 17.5 Å². The van der Waals surface area contributed by atoms with Crippen molar-refractivity contribution in [3.05, 3.63) is 29.8 Å². The van der Waals surface area contributed by atoms with Crippen molar-refractivity contribution in [2.75, 3.05) is 11.9 Å². The molecule has 0 bridgehead atoms. The summed E-state index contributed by atoms with van der Waals surface area (Å²) < 4.78 is 0. The molecule has 1 saturated heterocycles. The van der Waals surface area contributed by atoms with E-state index in [1.54, 1.807) is 0 Å². The standard InChI is InChI=1S/C21H30N2O2/c1-2-3-10-20(24)22-18-13-11-17(12-14-18)21(25)23-15-6-8-16-7-4-5-9-19(16)23/h11-14,16,19H,2-10,15H2,1H3,(H,22,24). The highest BCUT2D eigenvalue weighted by atomic mass is 16.2. The number of amides is 2. The van der Waals surface area contributed by atoms with E-state index in [2.05, 4.69) is 17.1 Å². The lowest BCUT2D eigenvalue weighted by Gasteiger charge is -2.44. The summed E-state index contributed by atoms with van der Waals surface area (Å²) in [6.45, 7) is 2.96. The van der Waals surface area contributed by atoms with Crippen LogP contribution < -0.4 is 5.32 Å². The van der Waals surface area contributed by atoms with E-state index in [1.807, 2.05) is 24.3 Å². The van der Waals surface area contributed by atoms with Gasteiger partial charge in [-0.3, -0.25) is 9.59 Å². The number of rotatable bonds is 5. The van der Waals surface area contributed by atoms with E-state index in [4.69, 9.17) is 0 Å². The van der Waals surface area contributed by atoms with Gasteiger partial charge in [-0.1, -0.05) is 26.2 Å². The highest BCUT2D eigenvalue weighted by molar-refractivity contribution is 5.96. The predicted octanol–water partition coefficient (Wildman–Crippen LogP) is 4.61. The molecule has 0 radical (unpaired) electrons. The fourth-order valence-electron chi connectivity index (χ4n) is 4.30. The summed E-state index contributed by atoms with van der Waals surface area (Å²) in [6, 6.07) is 7.83. The molecular weight excluding hydrogens is 312 g/mol. The zero-order valence-corrected chi connectivity index (χ0v) is 15.3. The van der Waals surface area contributed by atoms with Crippen molar-refractivity contribution in [3.63, 3.8) is 0 Å². The van der Waals surface area contributed by atoms with Gasteiger partial charge in [0, 0.05) is 30.3 Å². The van der Waals surface area contributed by atoms with Crippen LogP contribution in [0, 0.1) is 5.92 Å². The lowest BCUT2D eigenvalue weighted by Crippen LogP contribution is -2.49. The summed E-state index contributed by atoms with van der Waals surface area (Å²) in [6.07, 6.45) is 9.85. The van der Waals surface area contributed by atoms with E-state index in [1.165, 1.54) is 25.7 Å². The first kappa shape index (κ1) is 18.0. The zero-order valence-electron chi connectivity index (χ0n) is 15.3. The average Bonchev–Trinajstić information content (AvgIpc) is 2.66. The third-order valence-electron chi connectivity index (χ3n) is 5.68. The molecule has 2 aliphatic rings. The first-order chi connectivity index (χ1) is 12.2. The van der Waals surface area contributed by atoms with Crippen LogP contribution >= 0.6 is 0 Å². The minimum Gasteiger partial charge on any atom is -0.335 e. The quantitative estimate of drug-likeness (QED) is 0.849. The molecule has 136 valence electrons. The summed E-state index contributed by atoms with van der Waals surface area (Å²) in [5.41, 5.74) is 1.50. The first-order valence-electron chi connectivity index (χ1n) is 9.90. The normalized spacial score (nSPS) is 23.0. The minimum atomic E-state index is 0.0435. The number of carbonyl (C=O) groups is 2. The highest BCUT2D eigenvalue weighted by Crippen LogP contribution is 2.36. The van der Waals surface area contributed by atoms with E-state index in [9.17, 15) is 9.59 Å². The van der Waals surface area contributed by atoms with Gasteiger partial charge in [0.15, 0.2) is 0 Å². The molecule has 1 aliphatic heterocycles. The number of likely N-dealkylation sites (tertiary alicyclic amines) is 1. The third-order valence-corrected chi connectivity index (χ3v) is 5.68. The largest absolute Gasteiger partial charge is 0.335 e. The van der Waals surface area contributed by atoms with Gasteiger partial charge in [-0.05, 0) is 62.3 Å². The van der Waals surface area contributed by atoms with Gasteiger partial charge < -0.3 is 10.2 Å². The fraction of sp³-hybridized carbons (Fsp3) is 0.619. The van der Waals surface area contributed by atoms with Crippen LogP contribution in [-0.4, -0.2) is 29.3 Å².